The van der Waals surface area contributed by atoms with Gasteiger partial charge in [-0.1, -0.05) is 0 Å². The van der Waals surface area contributed by atoms with E-state index >= 15 is 0 Å². The molecule has 38 valence electrons. The van der Waals surface area contributed by atoms with Crippen LogP contribution in [0.25, 0.3) is 0 Å². The van der Waals surface area contributed by atoms with Gasteiger partial charge in [0.15, 0.2) is 17.4 Å². The maximum atomic E-state index is 8.90. The minimum Gasteiger partial charge on any atom is -1.00 e. The van der Waals surface area contributed by atoms with Crippen molar-refractivity contribution in [3.63, 3.8) is 0 Å². The number of carbonyl (C=O) groups is 1. The van der Waals surface area contributed by atoms with Crippen molar-refractivity contribution in [1.29, 1.82) is 0 Å². The summed E-state index contributed by atoms with van der Waals surface area (Å²) in [5.41, 5.74) is 0. The molecule has 0 aliphatic heterocycles. The zero-order chi connectivity index (χ0) is 4.28. The predicted molar refractivity (Wildman–Crippen MR) is 22.8 cm³/mol. The van der Waals surface area contributed by atoms with Crippen molar-refractivity contribution in [3.05, 3.63) is 0 Å². The molecule has 0 aromatic heterocycles. The molecule has 0 radical (unpaired) electrons. The van der Waals surface area contributed by atoms with Crippen molar-refractivity contribution in [2.24, 2.45) is 0 Å². The van der Waals surface area contributed by atoms with Crippen LogP contribution in [0, 0.1) is 0 Å². The average Bonchev–Trinajstić information content (AvgIpc) is 1.38. The molecule has 0 saturated heterocycles. The number of hydrogen-bond donors (Lipinski definition) is 2. The molecule has 7 heavy (non-hydrogen) atoms. The summed E-state index contributed by atoms with van der Waals surface area (Å²) in [6, 6.07) is 0. The largest absolute Gasteiger partial charge is 1.00 e. The molecule has 0 spiro atoms. The molecule has 0 heterocycles. The molecule has 0 fully saturated rings. The number of rotatable bonds is 0. The SMILES string of the molecule is O=C(O)OO.[AlH3].[H-].[Na+]. The van der Waals surface area contributed by atoms with E-state index < -0.39 is 6.16 Å². The Morgan fingerprint density at radius 3 is 1.86 bits per heavy atom. The first-order valence-electron chi connectivity index (χ1n) is 0.814. The molecular formula is CH6AlNaO4. The summed E-state index contributed by atoms with van der Waals surface area (Å²) < 4.78 is 0. The third-order valence-electron chi connectivity index (χ3n) is 0.0781. The van der Waals surface area contributed by atoms with Gasteiger partial charge in [0, 0.05) is 0 Å². The fraction of sp³-hybridized carbons (Fsp3) is 0. The summed E-state index contributed by atoms with van der Waals surface area (Å²) in [6.07, 6.45) is -1.69. The van der Waals surface area contributed by atoms with Crippen LogP contribution in [-0.2, 0) is 4.89 Å². The Morgan fingerprint density at radius 1 is 1.71 bits per heavy atom. The Labute approximate surface area is 74.3 Å². The van der Waals surface area contributed by atoms with Crippen molar-refractivity contribution in [3.8, 4) is 0 Å². The van der Waals surface area contributed by atoms with Gasteiger partial charge in [-0.25, -0.2) is 4.79 Å². The molecule has 0 bridgehead atoms. The third-order valence-corrected chi connectivity index (χ3v) is 0.0781. The van der Waals surface area contributed by atoms with Crippen LogP contribution in [0.2, 0.25) is 0 Å². The standard InChI is InChI=1S/CH2O4.Al.Na.4H/c2-1(3)5-4;;;;;;/h4H,(H,2,3);;;;;;/q;;+1;;;;-1. The average molecular weight is 132 g/mol. The normalized spacial score (nSPS) is 4.71. The molecule has 0 unspecified atom stereocenters. The van der Waals surface area contributed by atoms with Crippen LogP contribution in [-0.4, -0.2) is 33.9 Å². The summed E-state index contributed by atoms with van der Waals surface area (Å²) in [7, 11) is 0. The summed E-state index contributed by atoms with van der Waals surface area (Å²) in [5.74, 6) is 0. The molecule has 0 aliphatic carbocycles. The van der Waals surface area contributed by atoms with E-state index in [1.807, 2.05) is 0 Å². The molecule has 4 nitrogen and oxygen atoms in total. The van der Waals surface area contributed by atoms with E-state index in [0.717, 1.165) is 0 Å². The Balaban J connectivity index is -0.0000000267. The molecule has 0 saturated carbocycles. The molecule has 0 atom stereocenters. The second-order valence-corrected chi connectivity index (χ2v) is 0.357. The molecular weight excluding hydrogens is 126 g/mol. The van der Waals surface area contributed by atoms with E-state index in [9.17, 15) is 0 Å². The smallest absolute Gasteiger partial charge is 1.00 e. The van der Waals surface area contributed by atoms with Gasteiger partial charge in [0.1, 0.15) is 0 Å². The fourth-order valence-electron chi connectivity index (χ4n) is 0. The van der Waals surface area contributed by atoms with E-state index in [0.29, 0.717) is 0 Å². The topological polar surface area (TPSA) is 66.8 Å². The van der Waals surface area contributed by atoms with Gasteiger partial charge in [-0.3, -0.25) is 4.89 Å². The third kappa shape index (κ3) is 20.1. The van der Waals surface area contributed by atoms with Gasteiger partial charge in [0.2, 0.25) is 0 Å². The second kappa shape index (κ2) is 9.90. The first kappa shape index (κ1) is 15.7. The number of carboxylic acid groups (broad SMARTS) is 1. The van der Waals surface area contributed by atoms with Crippen molar-refractivity contribution < 1.29 is 51.0 Å². The minimum absolute atomic E-state index is 0. The zero-order valence-electron chi connectivity index (χ0n) is 4.21. The van der Waals surface area contributed by atoms with Gasteiger partial charge in [-0.2, -0.15) is 5.26 Å². The van der Waals surface area contributed by atoms with Crippen molar-refractivity contribution in [2.45, 2.75) is 0 Å². The van der Waals surface area contributed by atoms with E-state index in [4.69, 9.17) is 15.2 Å². The monoisotopic (exact) mass is 132 g/mol. The maximum Gasteiger partial charge on any atom is 1.00 e. The van der Waals surface area contributed by atoms with Gasteiger partial charge in [-0.15, -0.1) is 0 Å². The number of hydrogen-bond acceptors (Lipinski definition) is 3. The van der Waals surface area contributed by atoms with Crippen LogP contribution < -0.4 is 29.6 Å². The summed E-state index contributed by atoms with van der Waals surface area (Å²) in [6.45, 7) is 0. The molecule has 0 aromatic carbocycles. The predicted octanol–water partition coefficient (Wildman–Crippen LogP) is -3.91. The molecule has 0 rings (SSSR count). The van der Waals surface area contributed by atoms with Crippen LogP contribution in [0.4, 0.5) is 4.79 Å². The van der Waals surface area contributed by atoms with Gasteiger partial charge in [0.25, 0.3) is 0 Å². The molecule has 0 amide bonds. The first-order chi connectivity index (χ1) is 2.27. The van der Waals surface area contributed by atoms with Crippen LogP contribution >= 0.6 is 0 Å². The van der Waals surface area contributed by atoms with Gasteiger partial charge in [0.05, 0.1) is 0 Å². The molecule has 0 aromatic rings. The van der Waals surface area contributed by atoms with Crippen LogP contribution in [0.1, 0.15) is 1.43 Å². The van der Waals surface area contributed by atoms with Crippen LogP contribution in [0.3, 0.4) is 0 Å². The fourth-order valence-corrected chi connectivity index (χ4v) is 0. The quantitative estimate of drug-likeness (QED) is 0.201. The van der Waals surface area contributed by atoms with E-state index in [2.05, 4.69) is 4.89 Å². The van der Waals surface area contributed by atoms with Gasteiger partial charge >= 0.3 is 35.7 Å². The van der Waals surface area contributed by atoms with Crippen molar-refractivity contribution in [1.82, 2.24) is 0 Å². The van der Waals surface area contributed by atoms with Crippen LogP contribution in [0.5, 0.6) is 0 Å². The van der Waals surface area contributed by atoms with E-state index in [1.54, 1.807) is 0 Å². The summed E-state index contributed by atoms with van der Waals surface area (Å²) in [5, 5.41) is 14.3. The van der Waals surface area contributed by atoms with Gasteiger partial charge in [-0.05, 0) is 0 Å². The van der Waals surface area contributed by atoms with Crippen LogP contribution in [0.15, 0.2) is 0 Å². The molecule has 6 heteroatoms. The van der Waals surface area contributed by atoms with Crippen molar-refractivity contribution >= 4 is 23.5 Å². The van der Waals surface area contributed by atoms with Crippen molar-refractivity contribution in [2.75, 3.05) is 0 Å². The zero-order valence-corrected chi connectivity index (χ0v) is 5.21. The van der Waals surface area contributed by atoms with E-state index in [-0.39, 0.29) is 48.3 Å². The Morgan fingerprint density at radius 2 is 1.86 bits per heavy atom. The minimum atomic E-state index is -1.69. The molecule has 0 aliphatic rings. The summed E-state index contributed by atoms with van der Waals surface area (Å²) in [4.78, 5) is 11.6. The Bertz CT molecular complexity index is 51.3. The Kier molecular flexibility index (Phi) is 22.1. The second-order valence-electron chi connectivity index (χ2n) is 0.357. The van der Waals surface area contributed by atoms with E-state index in [1.165, 1.54) is 0 Å². The Hall–Kier alpha value is 0.762. The van der Waals surface area contributed by atoms with Gasteiger partial charge < -0.3 is 6.53 Å². The maximum absolute atomic E-state index is 8.90. The first-order valence-corrected chi connectivity index (χ1v) is 0.814. The molecule has 2 N–H and O–H groups in total. The summed E-state index contributed by atoms with van der Waals surface area (Å²) >= 11 is 0.